The van der Waals surface area contributed by atoms with E-state index < -0.39 is 11.7 Å². The van der Waals surface area contributed by atoms with E-state index in [9.17, 15) is 14.0 Å². The van der Waals surface area contributed by atoms with Crippen LogP contribution < -0.4 is 5.73 Å². The summed E-state index contributed by atoms with van der Waals surface area (Å²) in [6.07, 6.45) is 2.01. The smallest absolute Gasteiger partial charge is 0.286 e. The molecule has 0 fully saturated rings. The van der Waals surface area contributed by atoms with Crippen molar-refractivity contribution in [1.29, 1.82) is 0 Å². The molecule has 0 unspecified atom stereocenters. The summed E-state index contributed by atoms with van der Waals surface area (Å²) in [6.45, 7) is 0.765. The molecule has 3 rings (SSSR count). The number of nitrogens with two attached hydrogens (primary N) is 1. The second-order valence-corrected chi connectivity index (χ2v) is 5.02. The quantitative estimate of drug-likeness (QED) is 0.893. The normalized spacial score (nSPS) is 13.6. The molecule has 7 heteroatoms. The van der Waals surface area contributed by atoms with E-state index in [1.807, 2.05) is 0 Å². The van der Waals surface area contributed by atoms with Gasteiger partial charge in [-0.2, -0.15) is 0 Å². The van der Waals surface area contributed by atoms with Crippen molar-refractivity contribution in [3.8, 4) is 0 Å². The number of hydrogen-bond donors (Lipinski definition) is 1. The lowest BCUT2D eigenvalue weighted by atomic mass is 10.1. The molecule has 0 aliphatic carbocycles. The van der Waals surface area contributed by atoms with Gasteiger partial charge in [0, 0.05) is 36.8 Å². The van der Waals surface area contributed by atoms with Gasteiger partial charge in [0.25, 0.3) is 11.8 Å². The van der Waals surface area contributed by atoms with Gasteiger partial charge in [-0.3, -0.25) is 9.59 Å². The average Bonchev–Trinajstić information content (AvgIpc) is 2.53. The second-order valence-electron chi connectivity index (χ2n) is 5.02. The Hall–Kier alpha value is -2.83. The van der Waals surface area contributed by atoms with Gasteiger partial charge in [-0.1, -0.05) is 6.07 Å². The molecule has 22 heavy (non-hydrogen) atoms. The molecule has 1 aromatic heterocycles. The molecule has 2 N–H and O–H groups in total. The van der Waals surface area contributed by atoms with E-state index in [1.165, 1.54) is 24.4 Å². The van der Waals surface area contributed by atoms with Gasteiger partial charge in [-0.15, -0.1) is 0 Å². The maximum atomic E-state index is 13.2. The van der Waals surface area contributed by atoms with Crippen LogP contribution in [0, 0.1) is 5.82 Å². The topological polar surface area (TPSA) is 89.2 Å². The molecule has 1 aliphatic heterocycles. The molecule has 0 spiro atoms. The minimum absolute atomic E-state index is 0.0244. The number of nitrogens with zero attached hydrogens (tertiary/aromatic N) is 3. The van der Waals surface area contributed by atoms with Crippen LogP contribution in [0.3, 0.4) is 0 Å². The van der Waals surface area contributed by atoms with Crippen molar-refractivity contribution in [3.05, 3.63) is 58.9 Å². The molecule has 1 aromatic carbocycles. The fourth-order valence-corrected chi connectivity index (χ4v) is 2.41. The molecule has 1 aliphatic rings. The zero-order valence-electron chi connectivity index (χ0n) is 11.6. The predicted octanol–water partition coefficient (Wildman–Crippen LogP) is 0.913. The molecule has 2 amide bonds. The molecule has 0 bridgehead atoms. The van der Waals surface area contributed by atoms with E-state index in [2.05, 4.69) is 9.97 Å². The minimum Gasteiger partial charge on any atom is -0.363 e. The Morgan fingerprint density at radius 2 is 2.14 bits per heavy atom. The van der Waals surface area contributed by atoms with E-state index >= 15 is 0 Å². The summed E-state index contributed by atoms with van der Waals surface area (Å²) < 4.78 is 13.2. The molecule has 0 saturated carbocycles. The number of carbonyl (C=O) groups is 2. The van der Waals surface area contributed by atoms with Crippen molar-refractivity contribution in [1.82, 2.24) is 14.9 Å². The number of amides is 2. The first kappa shape index (κ1) is 14.1. The molecule has 0 atom stereocenters. The Bertz CT molecular complexity index is 763. The van der Waals surface area contributed by atoms with Crippen molar-refractivity contribution < 1.29 is 14.0 Å². The predicted molar refractivity (Wildman–Crippen MR) is 75.4 cm³/mol. The number of halogens is 1. The van der Waals surface area contributed by atoms with E-state index in [4.69, 9.17) is 5.73 Å². The Balaban J connectivity index is 1.82. The first-order valence-corrected chi connectivity index (χ1v) is 6.74. The van der Waals surface area contributed by atoms with Crippen LogP contribution in [-0.4, -0.2) is 33.2 Å². The van der Waals surface area contributed by atoms with Crippen LogP contribution >= 0.6 is 0 Å². The van der Waals surface area contributed by atoms with Gasteiger partial charge in [-0.25, -0.2) is 14.4 Å². The lowest BCUT2D eigenvalue weighted by Crippen LogP contribution is -2.37. The number of primary amides is 1. The summed E-state index contributed by atoms with van der Waals surface area (Å²) in [5, 5.41) is 0. The average molecular weight is 300 g/mol. The molecule has 2 heterocycles. The number of aromatic nitrogens is 2. The van der Waals surface area contributed by atoms with Crippen LogP contribution in [0.4, 0.5) is 4.39 Å². The largest absolute Gasteiger partial charge is 0.363 e. The highest BCUT2D eigenvalue weighted by molar-refractivity contribution is 5.94. The molecule has 0 radical (unpaired) electrons. The molecule has 6 nitrogen and oxygen atoms in total. The van der Waals surface area contributed by atoms with Gasteiger partial charge in [0.1, 0.15) is 5.82 Å². The van der Waals surface area contributed by atoms with E-state index in [1.54, 1.807) is 11.0 Å². The highest BCUT2D eigenvalue weighted by atomic mass is 19.1. The van der Waals surface area contributed by atoms with Crippen LogP contribution in [0.2, 0.25) is 0 Å². The number of benzene rings is 1. The van der Waals surface area contributed by atoms with E-state index in [-0.39, 0.29) is 11.7 Å². The maximum absolute atomic E-state index is 13.2. The fourth-order valence-electron chi connectivity index (χ4n) is 2.41. The number of rotatable bonds is 2. The second kappa shape index (κ2) is 5.51. The lowest BCUT2D eigenvalue weighted by Gasteiger charge is -2.28. The summed E-state index contributed by atoms with van der Waals surface area (Å²) in [7, 11) is 0. The summed E-state index contributed by atoms with van der Waals surface area (Å²) in [4.78, 5) is 33.1. The monoisotopic (exact) mass is 300 g/mol. The SMILES string of the molecule is NC(=O)c1ncc2c(n1)CCN(C(=O)c1cccc(F)c1)C2. The third kappa shape index (κ3) is 2.65. The summed E-state index contributed by atoms with van der Waals surface area (Å²) in [5.74, 6) is -1.40. The minimum atomic E-state index is -0.680. The molecule has 2 aromatic rings. The van der Waals surface area contributed by atoms with Crippen LogP contribution in [0.25, 0.3) is 0 Å². The maximum Gasteiger partial charge on any atom is 0.286 e. The Labute approximate surface area is 125 Å². The van der Waals surface area contributed by atoms with Crippen molar-refractivity contribution >= 4 is 11.8 Å². The Morgan fingerprint density at radius 3 is 2.86 bits per heavy atom. The molecule has 112 valence electrons. The lowest BCUT2D eigenvalue weighted by molar-refractivity contribution is 0.0731. The number of fused-ring (bicyclic) bond motifs is 1. The van der Waals surface area contributed by atoms with Crippen molar-refractivity contribution in [2.75, 3.05) is 6.54 Å². The zero-order valence-corrected chi connectivity index (χ0v) is 11.6. The van der Waals surface area contributed by atoms with Gasteiger partial charge in [-0.05, 0) is 18.2 Å². The summed E-state index contributed by atoms with van der Waals surface area (Å²) in [6, 6.07) is 5.59. The van der Waals surface area contributed by atoms with Gasteiger partial charge < -0.3 is 10.6 Å². The van der Waals surface area contributed by atoms with E-state index in [0.717, 1.165) is 5.56 Å². The molecular formula is C15H13FN4O2. The highest BCUT2D eigenvalue weighted by Crippen LogP contribution is 2.19. The fraction of sp³-hybridized carbons (Fsp3) is 0.200. The Morgan fingerprint density at radius 1 is 1.32 bits per heavy atom. The molecular weight excluding hydrogens is 287 g/mol. The zero-order chi connectivity index (χ0) is 15.7. The van der Waals surface area contributed by atoms with Crippen LogP contribution in [0.5, 0.6) is 0 Å². The van der Waals surface area contributed by atoms with E-state index in [0.29, 0.717) is 30.8 Å². The van der Waals surface area contributed by atoms with Gasteiger partial charge in [0.05, 0.1) is 5.69 Å². The highest BCUT2D eigenvalue weighted by Gasteiger charge is 2.24. The summed E-state index contributed by atoms with van der Waals surface area (Å²) >= 11 is 0. The van der Waals surface area contributed by atoms with Crippen LogP contribution in [0.1, 0.15) is 32.2 Å². The Kier molecular flexibility index (Phi) is 3.54. The van der Waals surface area contributed by atoms with Crippen LogP contribution in [-0.2, 0) is 13.0 Å². The van der Waals surface area contributed by atoms with Gasteiger partial charge in [0.2, 0.25) is 5.82 Å². The summed E-state index contributed by atoms with van der Waals surface area (Å²) in [5.41, 5.74) is 6.93. The standard InChI is InChI=1S/C15H13FN4O2/c16-11-3-1-2-9(6-11)15(22)20-5-4-12-10(8-20)7-18-14(19-12)13(17)21/h1-3,6-7H,4-5,8H2,(H2,17,21). The van der Waals surface area contributed by atoms with Crippen LogP contribution in [0.15, 0.2) is 30.5 Å². The number of hydrogen-bond acceptors (Lipinski definition) is 4. The molecule has 0 saturated heterocycles. The van der Waals surface area contributed by atoms with Gasteiger partial charge in [0.15, 0.2) is 0 Å². The van der Waals surface area contributed by atoms with Crippen molar-refractivity contribution in [3.63, 3.8) is 0 Å². The van der Waals surface area contributed by atoms with Crippen molar-refractivity contribution in [2.24, 2.45) is 5.73 Å². The first-order valence-electron chi connectivity index (χ1n) is 6.74. The third-order valence-corrected chi connectivity index (χ3v) is 3.51. The third-order valence-electron chi connectivity index (χ3n) is 3.51. The van der Waals surface area contributed by atoms with Gasteiger partial charge >= 0.3 is 0 Å². The number of carbonyl (C=O) groups excluding carboxylic acids is 2. The van der Waals surface area contributed by atoms with Crippen molar-refractivity contribution in [2.45, 2.75) is 13.0 Å². The first-order chi connectivity index (χ1) is 10.5.